The van der Waals surface area contributed by atoms with Gasteiger partial charge in [-0.1, -0.05) is 36.4 Å². The highest BCUT2D eigenvalue weighted by Gasteiger charge is 2.31. The molecule has 1 N–H and O–H groups in total. The van der Waals surface area contributed by atoms with Crippen LogP contribution in [-0.2, 0) is 27.5 Å². The third kappa shape index (κ3) is 4.89. The van der Waals surface area contributed by atoms with Gasteiger partial charge in [0.25, 0.3) is 5.91 Å². The molecule has 1 aliphatic heterocycles. The first-order chi connectivity index (χ1) is 13.6. The number of hydrogen-bond acceptors (Lipinski definition) is 4. The molecule has 1 aliphatic rings. The van der Waals surface area contributed by atoms with Crippen LogP contribution in [0.3, 0.4) is 0 Å². The number of amides is 2. The van der Waals surface area contributed by atoms with Crippen LogP contribution in [0.1, 0.15) is 31.4 Å². The number of rotatable bonds is 8. The normalized spacial score (nSPS) is 15.7. The van der Waals surface area contributed by atoms with E-state index in [0.717, 1.165) is 11.1 Å². The Morgan fingerprint density at radius 2 is 1.86 bits per heavy atom. The van der Waals surface area contributed by atoms with Gasteiger partial charge in [-0.15, -0.1) is 0 Å². The van der Waals surface area contributed by atoms with E-state index >= 15 is 0 Å². The highest BCUT2D eigenvalue weighted by Crippen LogP contribution is 2.33. The fourth-order valence-electron chi connectivity index (χ4n) is 3.07. The molecule has 0 aliphatic carbocycles. The molecule has 0 aromatic heterocycles. The predicted molar refractivity (Wildman–Crippen MR) is 107 cm³/mol. The van der Waals surface area contributed by atoms with Crippen molar-refractivity contribution >= 4 is 17.5 Å². The van der Waals surface area contributed by atoms with Crippen molar-refractivity contribution in [1.29, 1.82) is 0 Å². The molecule has 3 rings (SSSR count). The summed E-state index contributed by atoms with van der Waals surface area (Å²) in [5.74, 6) is 0.446. The van der Waals surface area contributed by atoms with Gasteiger partial charge in [-0.2, -0.15) is 0 Å². The number of hydrogen-bond donors (Lipinski definition) is 1. The van der Waals surface area contributed by atoms with Crippen molar-refractivity contribution in [2.24, 2.45) is 0 Å². The van der Waals surface area contributed by atoms with Crippen LogP contribution < -0.4 is 15.0 Å². The first-order valence-corrected chi connectivity index (χ1v) is 9.57. The summed E-state index contributed by atoms with van der Waals surface area (Å²) in [6.45, 7) is 5.75. The minimum Gasteiger partial charge on any atom is -0.479 e. The Bertz CT molecular complexity index is 820. The van der Waals surface area contributed by atoms with Crippen LogP contribution in [0.2, 0.25) is 0 Å². The summed E-state index contributed by atoms with van der Waals surface area (Å²) in [6.07, 6.45) is -0.317. The van der Waals surface area contributed by atoms with E-state index in [4.69, 9.17) is 9.47 Å². The predicted octanol–water partition coefficient (Wildman–Crippen LogP) is 3.04. The average molecular weight is 382 g/mol. The third-order valence-electron chi connectivity index (χ3n) is 4.62. The number of benzene rings is 2. The minimum absolute atomic E-state index is 0.0946. The number of nitrogens with one attached hydrogen (secondary N) is 1. The minimum atomic E-state index is -0.548. The fourth-order valence-corrected chi connectivity index (χ4v) is 3.07. The van der Waals surface area contributed by atoms with E-state index in [2.05, 4.69) is 5.32 Å². The highest BCUT2D eigenvalue weighted by molar-refractivity contribution is 6.00. The molecular weight excluding hydrogens is 356 g/mol. The lowest BCUT2D eigenvalue weighted by Gasteiger charge is -2.32. The van der Waals surface area contributed by atoms with E-state index in [9.17, 15) is 9.59 Å². The quantitative estimate of drug-likeness (QED) is 0.762. The summed E-state index contributed by atoms with van der Waals surface area (Å²) < 4.78 is 11.0. The molecule has 6 heteroatoms. The number of para-hydroxylation sites is 2. The van der Waals surface area contributed by atoms with E-state index in [-0.39, 0.29) is 18.2 Å². The van der Waals surface area contributed by atoms with Crippen molar-refractivity contribution in [3.8, 4) is 5.75 Å². The van der Waals surface area contributed by atoms with Gasteiger partial charge >= 0.3 is 0 Å². The maximum absolute atomic E-state index is 12.4. The number of nitrogens with zero attached hydrogens (tertiary/aromatic N) is 1. The van der Waals surface area contributed by atoms with E-state index in [1.165, 1.54) is 0 Å². The van der Waals surface area contributed by atoms with Gasteiger partial charge in [0.05, 0.1) is 12.3 Å². The Morgan fingerprint density at radius 3 is 2.61 bits per heavy atom. The molecule has 0 radical (unpaired) electrons. The highest BCUT2D eigenvalue weighted by atomic mass is 16.5. The Labute approximate surface area is 165 Å². The van der Waals surface area contributed by atoms with Gasteiger partial charge in [0.1, 0.15) is 5.75 Å². The monoisotopic (exact) mass is 382 g/mol. The van der Waals surface area contributed by atoms with Crippen molar-refractivity contribution < 1.29 is 19.1 Å². The molecule has 2 aromatic carbocycles. The molecule has 2 aromatic rings. The average Bonchev–Trinajstić information content (AvgIpc) is 2.72. The smallest absolute Gasteiger partial charge is 0.267 e. The zero-order valence-electron chi connectivity index (χ0n) is 16.3. The number of fused-ring (bicyclic) bond motifs is 1. The second-order valence-corrected chi connectivity index (χ2v) is 6.70. The standard InChI is InChI=1S/C22H26N2O4/c1-3-27-15-18-10-8-17(9-11-18)14-23-21(25)12-13-24-19-6-4-5-7-20(19)28-16(2)22(24)26/h4-11,16H,3,12-15H2,1-2H3,(H,23,25). The summed E-state index contributed by atoms with van der Waals surface area (Å²) in [5.41, 5.74) is 2.84. The molecule has 0 spiro atoms. The van der Waals surface area contributed by atoms with Gasteiger partial charge in [-0.3, -0.25) is 9.59 Å². The van der Waals surface area contributed by atoms with Crippen LogP contribution >= 0.6 is 0 Å². The molecule has 2 amide bonds. The van der Waals surface area contributed by atoms with Crippen LogP contribution in [0.25, 0.3) is 0 Å². The molecule has 148 valence electrons. The van der Waals surface area contributed by atoms with E-state index in [1.807, 2.05) is 55.5 Å². The Balaban J connectivity index is 1.51. The van der Waals surface area contributed by atoms with Crippen LogP contribution in [0.5, 0.6) is 5.75 Å². The first-order valence-electron chi connectivity index (χ1n) is 9.57. The lowest BCUT2D eigenvalue weighted by molar-refractivity contribution is -0.125. The van der Waals surface area contributed by atoms with Gasteiger partial charge < -0.3 is 19.7 Å². The molecule has 0 saturated heterocycles. The molecule has 28 heavy (non-hydrogen) atoms. The van der Waals surface area contributed by atoms with E-state index in [0.29, 0.717) is 37.7 Å². The van der Waals surface area contributed by atoms with Crippen LogP contribution in [-0.4, -0.2) is 31.1 Å². The maximum Gasteiger partial charge on any atom is 0.267 e. The van der Waals surface area contributed by atoms with Gasteiger partial charge in [0.15, 0.2) is 6.10 Å². The molecule has 1 heterocycles. The number of anilines is 1. The van der Waals surface area contributed by atoms with Crippen molar-refractivity contribution in [2.45, 2.75) is 39.5 Å². The van der Waals surface area contributed by atoms with Crippen LogP contribution in [0, 0.1) is 0 Å². The van der Waals surface area contributed by atoms with Crippen molar-refractivity contribution in [3.63, 3.8) is 0 Å². The van der Waals surface area contributed by atoms with Crippen molar-refractivity contribution in [2.75, 3.05) is 18.1 Å². The molecule has 1 unspecified atom stereocenters. The number of carbonyl (C=O) groups is 2. The zero-order valence-corrected chi connectivity index (χ0v) is 16.3. The maximum atomic E-state index is 12.4. The van der Waals surface area contributed by atoms with Gasteiger partial charge in [0.2, 0.25) is 5.91 Å². The Morgan fingerprint density at radius 1 is 1.14 bits per heavy atom. The van der Waals surface area contributed by atoms with Crippen molar-refractivity contribution in [1.82, 2.24) is 5.32 Å². The lowest BCUT2D eigenvalue weighted by Crippen LogP contribution is -2.45. The second-order valence-electron chi connectivity index (χ2n) is 6.70. The summed E-state index contributed by atoms with van der Waals surface area (Å²) >= 11 is 0. The largest absolute Gasteiger partial charge is 0.479 e. The Kier molecular flexibility index (Phi) is 6.66. The number of ether oxygens (including phenoxy) is 2. The summed E-state index contributed by atoms with van der Waals surface area (Å²) in [6, 6.07) is 15.4. The second kappa shape index (κ2) is 9.37. The Hall–Kier alpha value is -2.86. The van der Waals surface area contributed by atoms with E-state index in [1.54, 1.807) is 11.8 Å². The topological polar surface area (TPSA) is 67.9 Å². The van der Waals surface area contributed by atoms with Crippen molar-refractivity contribution in [3.05, 3.63) is 59.7 Å². The molecule has 0 bridgehead atoms. The van der Waals surface area contributed by atoms with Crippen LogP contribution in [0.4, 0.5) is 5.69 Å². The zero-order chi connectivity index (χ0) is 19.9. The molecule has 0 fully saturated rings. The number of carbonyl (C=O) groups excluding carboxylic acids is 2. The summed E-state index contributed by atoms with van der Waals surface area (Å²) in [5, 5.41) is 2.91. The third-order valence-corrected chi connectivity index (χ3v) is 4.62. The van der Waals surface area contributed by atoms with Crippen LogP contribution in [0.15, 0.2) is 48.5 Å². The SMILES string of the molecule is CCOCc1ccc(CNC(=O)CCN2C(=O)C(C)Oc3ccccc32)cc1. The summed E-state index contributed by atoms with van der Waals surface area (Å²) in [4.78, 5) is 26.3. The molecule has 1 atom stereocenters. The molecule has 0 saturated carbocycles. The van der Waals surface area contributed by atoms with Gasteiger partial charge in [-0.05, 0) is 37.1 Å². The molecular formula is C22H26N2O4. The fraction of sp³-hybridized carbons (Fsp3) is 0.364. The van der Waals surface area contributed by atoms with Gasteiger partial charge in [-0.25, -0.2) is 0 Å². The first kappa shape index (κ1) is 19.9. The van der Waals surface area contributed by atoms with E-state index < -0.39 is 6.10 Å². The van der Waals surface area contributed by atoms with Gasteiger partial charge in [0, 0.05) is 26.1 Å². The molecule has 6 nitrogen and oxygen atoms in total. The summed E-state index contributed by atoms with van der Waals surface area (Å²) in [7, 11) is 0. The lowest BCUT2D eigenvalue weighted by atomic mass is 10.1.